The van der Waals surface area contributed by atoms with Gasteiger partial charge >= 0.3 is 5.97 Å². The van der Waals surface area contributed by atoms with Gasteiger partial charge in [0.2, 0.25) is 0 Å². The second-order valence-electron chi connectivity index (χ2n) is 3.42. The summed E-state index contributed by atoms with van der Waals surface area (Å²) < 4.78 is 0.453. The van der Waals surface area contributed by atoms with E-state index in [0.717, 1.165) is 0 Å². The molecule has 0 bridgehead atoms. The quantitative estimate of drug-likeness (QED) is 0.809. The Hall–Kier alpha value is -2.15. The fourth-order valence-electron chi connectivity index (χ4n) is 1.35. The first-order chi connectivity index (χ1) is 8.58. The van der Waals surface area contributed by atoms with E-state index in [1.165, 1.54) is 18.6 Å². The summed E-state index contributed by atoms with van der Waals surface area (Å²) in [7, 11) is 0. The monoisotopic (exact) mass is 309 g/mol. The summed E-state index contributed by atoms with van der Waals surface area (Å²) in [5.74, 6) is -1.45. The molecule has 0 unspecified atom stereocenters. The number of hydrogen-bond acceptors (Lipinski definition) is 3. The molecule has 0 aliphatic heterocycles. The van der Waals surface area contributed by atoms with Crippen molar-refractivity contribution in [1.82, 2.24) is 9.97 Å². The molecular weight excluding hydrogens is 302 g/mol. The molecule has 0 radical (unpaired) electrons. The van der Waals surface area contributed by atoms with Gasteiger partial charge in [0.1, 0.15) is 5.69 Å². The minimum atomic E-state index is -1.07. The molecule has 1 heterocycles. The van der Waals surface area contributed by atoms with E-state index >= 15 is 0 Å². The average molecular weight is 310 g/mol. The zero-order chi connectivity index (χ0) is 13.1. The second kappa shape index (κ2) is 5.01. The molecule has 2 aromatic rings. The number of rotatable bonds is 3. The van der Waals surface area contributed by atoms with E-state index in [9.17, 15) is 9.59 Å². The van der Waals surface area contributed by atoms with Crippen LogP contribution in [-0.2, 0) is 0 Å². The maximum atomic E-state index is 11.7. The van der Waals surface area contributed by atoms with E-state index < -0.39 is 5.97 Å². The van der Waals surface area contributed by atoms with E-state index in [-0.39, 0.29) is 11.5 Å². The molecule has 6 nitrogen and oxygen atoms in total. The van der Waals surface area contributed by atoms with Crippen LogP contribution in [0.1, 0.15) is 20.8 Å². The smallest absolute Gasteiger partial charge is 0.336 e. The number of imidazole rings is 1. The fourth-order valence-corrected chi connectivity index (χ4v) is 1.76. The Morgan fingerprint density at radius 3 is 2.78 bits per heavy atom. The lowest BCUT2D eigenvalue weighted by Crippen LogP contribution is -2.12. The Morgan fingerprint density at radius 1 is 1.39 bits per heavy atom. The summed E-state index contributed by atoms with van der Waals surface area (Å²) >= 11 is 3.13. The molecule has 0 atom stereocenters. The van der Waals surface area contributed by atoms with Gasteiger partial charge in [-0.2, -0.15) is 0 Å². The number of nitrogens with one attached hydrogen (secondary N) is 2. The van der Waals surface area contributed by atoms with Crippen LogP contribution in [0.4, 0.5) is 5.69 Å². The third-order valence-corrected chi connectivity index (χ3v) is 2.89. The zero-order valence-corrected chi connectivity index (χ0v) is 10.6. The highest BCUT2D eigenvalue weighted by Crippen LogP contribution is 2.21. The SMILES string of the molecule is O=C(Nc1ccc(Br)c(C(=O)O)c1)c1cnc[nH]1. The number of aromatic nitrogens is 2. The van der Waals surface area contributed by atoms with E-state index in [0.29, 0.717) is 15.9 Å². The Labute approximate surface area is 110 Å². The van der Waals surface area contributed by atoms with Crippen LogP contribution in [-0.4, -0.2) is 27.0 Å². The van der Waals surface area contributed by atoms with Crippen molar-refractivity contribution in [3.8, 4) is 0 Å². The zero-order valence-electron chi connectivity index (χ0n) is 8.98. The number of carbonyl (C=O) groups excluding carboxylic acids is 1. The molecule has 0 saturated carbocycles. The average Bonchev–Trinajstić information content (AvgIpc) is 2.85. The van der Waals surface area contributed by atoms with Crippen LogP contribution < -0.4 is 5.32 Å². The normalized spacial score (nSPS) is 10.1. The Morgan fingerprint density at radius 2 is 2.17 bits per heavy atom. The van der Waals surface area contributed by atoms with Gasteiger partial charge in [0.15, 0.2) is 0 Å². The topological polar surface area (TPSA) is 95.1 Å². The molecule has 3 N–H and O–H groups in total. The van der Waals surface area contributed by atoms with Gasteiger partial charge in [-0.05, 0) is 34.1 Å². The molecule has 0 saturated heterocycles. The number of H-pyrrole nitrogens is 1. The van der Waals surface area contributed by atoms with Crippen LogP contribution in [0, 0.1) is 0 Å². The lowest BCUT2D eigenvalue weighted by atomic mass is 10.2. The van der Waals surface area contributed by atoms with Gasteiger partial charge < -0.3 is 15.4 Å². The van der Waals surface area contributed by atoms with E-state index in [1.807, 2.05) is 0 Å². The van der Waals surface area contributed by atoms with Crippen molar-refractivity contribution < 1.29 is 14.7 Å². The molecule has 1 amide bonds. The van der Waals surface area contributed by atoms with Crippen molar-refractivity contribution in [2.24, 2.45) is 0 Å². The first-order valence-electron chi connectivity index (χ1n) is 4.90. The summed E-state index contributed by atoms with van der Waals surface area (Å²) in [4.78, 5) is 29.0. The lowest BCUT2D eigenvalue weighted by Gasteiger charge is -2.06. The molecule has 7 heteroatoms. The number of benzene rings is 1. The largest absolute Gasteiger partial charge is 0.478 e. The Kier molecular flexibility index (Phi) is 3.42. The number of hydrogen-bond donors (Lipinski definition) is 3. The van der Waals surface area contributed by atoms with Crippen molar-refractivity contribution in [3.05, 3.63) is 46.5 Å². The fraction of sp³-hybridized carbons (Fsp3) is 0. The van der Waals surface area contributed by atoms with E-state index in [1.54, 1.807) is 12.1 Å². The van der Waals surface area contributed by atoms with Crippen LogP contribution in [0.3, 0.4) is 0 Å². The number of carboxylic acids is 1. The van der Waals surface area contributed by atoms with E-state index in [2.05, 4.69) is 31.2 Å². The van der Waals surface area contributed by atoms with Crippen molar-refractivity contribution in [3.63, 3.8) is 0 Å². The maximum Gasteiger partial charge on any atom is 0.336 e. The molecule has 0 aliphatic rings. The van der Waals surface area contributed by atoms with Crippen molar-refractivity contribution in [1.29, 1.82) is 0 Å². The van der Waals surface area contributed by atoms with Crippen LogP contribution in [0.5, 0.6) is 0 Å². The number of carbonyl (C=O) groups is 2. The van der Waals surface area contributed by atoms with Gasteiger partial charge in [-0.25, -0.2) is 9.78 Å². The van der Waals surface area contributed by atoms with Gasteiger partial charge in [-0.15, -0.1) is 0 Å². The predicted octanol–water partition coefficient (Wildman–Crippen LogP) is 2.12. The Balaban J connectivity index is 2.22. The highest BCUT2D eigenvalue weighted by atomic mass is 79.9. The molecule has 1 aromatic heterocycles. The lowest BCUT2D eigenvalue weighted by molar-refractivity contribution is 0.0695. The minimum absolute atomic E-state index is 0.0809. The minimum Gasteiger partial charge on any atom is -0.478 e. The molecule has 0 aliphatic carbocycles. The number of nitrogens with zero attached hydrogens (tertiary/aromatic N) is 1. The number of aromatic carboxylic acids is 1. The summed E-state index contributed by atoms with van der Waals surface area (Å²) in [5.41, 5.74) is 0.780. The van der Waals surface area contributed by atoms with Gasteiger partial charge in [0.05, 0.1) is 18.1 Å². The summed E-state index contributed by atoms with van der Waals surface area (Å²) in [6.07, 6.45) is 2.77. The first kappa shape index (κ1) is 12.3. The summed E-state index contributed by atoms with van der Waals surface area (Å²) in [5, 5.41) is 11.5. The highest BCUT2D eigenvalue weighted by molar-refractivity contribution is 9.10. The third-order valence-electron chi connectivity index (χ3n) is 2.20. The first-order valence-corrected chi connectivity index (χ1v) is 5.70. The van der Waals surface area contributed by atoms with Gasteiger partial charge in [0, 0.05) is 10.2 Å². The van der Waals surface area contributed by atoms with Gasteiger partial charge in [0.25, 0.3) is 5.91 Å². The molecule has 0 fully saturated rings. The predicted molar refractivity (Wildman–Crippen MR) is 67.6 cm³/mol. The number of aromatic amines is 1. The maximum absolute atomic E-state index is 11.7. The van der Waals surface area contributed by atoms with Gasteiger partial charge in [-0.1, -0.05) is 0 Å². The molecule has 18 heavy (non-hydrogen) atoms. The highest BCUT2D eigenvalue weighted by Gasteiger charge is 2.11. The third kappa shape index (κ3) is 2.57. The van der Waals surface area contributed by atoms with Crippen molar-refractivity contribution in [2.75, 3.05) is 5.32 Å². The molecule has 2 rings (SSSR count). The van der Waals surface area contributed by atoms with Crippen LogP contribution in [0.2, 0.25) is 0 Å². The number of amides is 1. The van der Waals surface area contributed by atoms with E-state index in [4.69, 9.17) is 5.11 Å². The number of halogens is 1. The molecule has 0 spiro atoms. The molecule has 1 aromatic carbocycles. The standard InChI is InChI=1S/C11H8BrN3O3/c12-8-2-1-6(3-7(8)11(17)18)15-10(16)9-4-13-5-14-9/h1-5H,(H,13,14)(H,15,16)(H,17,18). The van der Waals surface area contributed by atoms with Crippen molar-refractivity contribution >= 4 is 33.5 Å². The number of anilines is 1. The molecular formula is C11H8BrN3O3. The van der Waals surface area contributed by atoms with Crippen LogP contribution in [0.25, 0.3) is 0 Å². The number of carboxylic acid groups (broad SMARTS) is 1. The molecule has 92 valence electrons. The second-order valence-corrected chi connectivity index (χ2v) is 4.27. The van der Waals surface area contributed by atoms with Crippen LogP contribution in [0.15, 0.2) is 35.2 Å². The summed E-state index contributed by atoms with van der Waals surface area (Å²) in [6, 6.07) is 4.54. The van der Waals surface area contributed by atoms with Crippen molar-refractivity contribution in [2.45, 2.75) is 0 Å². The van der Waals surface area contributed by atoms with Crippen LogP contribution >= 0.6 is 15.9 Å². The Bertz CT molecular complexity index is 596. The summed E-state index contributed by atoms with van der Waals surface area (Å²) in [6.45, 7) is 0. The van der Waals surface area contributed by atoms with Gasteiger partial charge in [-0.3, -0.25) is 4.79 Å².